The molecule has 1 aromatic carbocycles. The Bertz CT molecular complexity index is 589. The minimum atomic E-state index is -1.07. The monoisotopic (exact) mass is 290 g/mol. The van der Waals surface area contributed by atoms with Gasteiger partial charge >= 0.3 is 0 Å². The second-order valence-corrected chi connectivity index (χ2v) is 5.97. The molecule has 1 aromatic rings. The van der Waals surface area contributed by atoms with Crippen LogP contribution in [0, 0.1) is 5.92 Å². The first-order chi connectivity index (χ1) is 9.72. The fourth-order valence-electron chi connectivity index (χ4n) is 3.57. The van der Waals surface area contributed by atoms with E-state index in [2.05, 4.69) is 4.99 Å². The van der Waals surface area contributed by atoms with E-state index < -0.39 is 5.72 Å². The Labute approximate surface area is 122 Å². The Morgan fingerprint density at radius 3 is 2.95 bits per heavy atom. The summed E-state index contributed by atoms with van der Waals surface area (Å²) in [6.07, 6.45) is 2.81. The zero-order valence-electron chi connectivity index (χ0n) is 11.0. The Hall–Kier alpha value is -1.39. The first-order valence-electron chi connectivity index (χ1n) is 7.00. The fourth-order valence-corrected chi connectivity index (χ4v) is 3.88. The molecule has 2 bridgehead atoms. The average molecular weight is 291 g/mol. The third-order valence-electron chi connectivity index (χ3n) is 4.50. The number of anilines is 1. The van der Waals surface area contributed by atoms with Gasteiger partial charge in [-0.1, -0.05) is 29.8 Å². The van der Waals surface area contributed by atoms with E-state index in [4.69, 9.17) is 16.3 Å². The molecule has 5 heteroatoms. The number of halogens is 1. The zero-order valence-corrected chi connectivity index (χ0v) is 11.7. The molecule has 0 saturated carbocycles. The molecule has 5 rings (SSSR count). The number of fused-ring (bicyclic) bond motifs is 1. The van der Waals surface area contributed by atoms with Crippen LogP contribution >= 0.6 is 11.6 Å². The minimum Gasteiger partial charge on any atom is -0.346 e. The highest BCUT2D eigenvalue weighted by Crippen LogP contribution is 2.47. The van der Waals surface area contributed by atoms with Gasteiger partial charge in [-0.2, -0.15) is 0 Å². The van der Waals surface area contributed by atoms with E-state index >= 15 is 0 Å². The normalized spacial score (nSPS) is 35.8. The second kappa shape index (κ2) is 4.30. The van der Waals surface area contributed by atoms with Crippen LogP contribution in [0.5, 0.6) is 0 Å². The van der Waals surface area contributed by atoms with Gasteiger partial charge in [-0.25, -0.2) is 4.99 Å². The maximum absolute atomic E-state index is 12.9. The van der Waals surface area contributed by atoms with Gasteiger partial charge < -0.3 is 4.74 Å². The van der Waals surface area contributed by atoms with Crippen molar-refractivity contribution in [3.8, 4) is 0 Å². The van der Waals surface area contributed by atoms with Crippen LogP contribution < -0.4 is 4.90 Å². The summed E-state index contributed by atoms with van der Waals surface area (Å²) in [6, 6.07) is 9.50. The summed E-state index contributed by atoms with van der Waals surface area (Å²) in [5, 5.41) is 0.492. The smallest absolute Gasteiger partial charge is 0.283 e. The van der Waals surface area contributed by atoms with E-state index in [9.17, 15) is 4.79 Å². The lowest BCUT2D eigenvalue weighted by Gasteiger charge is -2.53. The van der Waals surface area contributed by atoms with Crippen molar-refractivity contribution in [2.24, 2.45) is 10.9 Å². The third kappa shape index (κ3) is 1.52. The molecule has 1 amide bonds. The topological polar surface area (TPSA) is 41.9 Å². The molecule has 0 aromatic heterocycles. The van der Waals surface area contributed by atoms with E-state index in [-0.39, 0.29) is 17.9 Å². The molecule has 0 radical (unpaired) electrons. The number of benzene rings is 1. The van der Waals surface area contributed by atoms with E-state index in [1.54, 1.807) is 4.90 Å². The lowest BCUT2D eigenvalue weighted by atomic mass is 9.76. The lowest BCUT2D eigenvalue weighted by molar-refractivity contribution is -0.168. The highest BCUT2D eigenvalue weighted by Gasteiger charge is 2.61. The number of piperidine rings is 1. The predicted molar refractivity (Wildman–Crippen MR) is 77.0 cm³/mol. The van der Waals surface area contributed by atoms with Crippen molar-refractivity contribution in [1.82, 2.24) is 0 Å². The van der Waals surface area contributed by atoms with Gasteiger partial charge in [0.25, 0.3) is 5.91 Å². The molecule has 2 fully saturated rings. The number of ether oxygens (including phenoxy) is 1. The number of nitrogens with zero attached hydrogens (tertiary/aromatic N) is 2. The van der Waals surface area contributed by atoms with Crippen molar-refractivity contribution in [2.45, 2.75) is 31.0 Å². The molecule has 20 heavy (non-hydrogen) atoms. The second-order valence-electron chi connectivity index (χ2n) is 5.58. The number of carbonyl (C=O) groups is 1. The fraction of sp³-hybridized carbons (Fsp3) is 0.467. The average Bonchev–Trinajstić information content (AvgIpc) is 2.48. The third-order valence-corrected chi connectivity index (χ3v) is 4.84. The van der Waals surface area contributed by atoms with E-state index in [1.807, 2.05) is 30.3 Å². The molecule has 0 unspecified atom stereocenters. The van der Waals surface area contributed by atoms with Crippen molar-refractivity contribution in [3.05, 3.63) is 30.3 Å². The van der Waals surface area contributed by atoms with Crippen LogP contribution in [0.25, 0.3) is 0 Å². The van der Waals surface area contributed by atoms with Gasteiger partial charge in [0.1, 0.15) is 5.17 Å². The number of hydrogen-bond acceptors (Lipinski definition) is 3. The van der Waals surface area contributed by atoms with Gasteiger partial charge in [-0.05, 0) is 31.4 Å². The summed E-state index contributed by atoms with van der Waals surface area (Å²) in [4.78, 5) is 19.1. The number of rotatable bonds is 1. The van der Waals surface area contributed by atoms with Crippen molar-refractivity contribution < 1.29 is 9.53 Å². The Balaban J connectivity index is 1.82. The number of aliphatic imine (C=N–C) groups is 1. The molecular formula is C15H15ClN2O2. The highest BCUT2D eigenvalue weighted by atomic mass is 35.5. The summed E-state index contributed by atoms with van der Waals surface area (Å²) in [5.41, 5.74) is -0.206. The predicted octanol–water partition coefficient (Wildman–Crippen LogP) is 2.57. The molecule has 4 aliphatic heterocycles. The van der Waals surface area contributed by atoms with Gasteiger partial charge in [-0.3, -0.25) is 9.69 Å². The maximum atomic E-state index is 12.9. The van der Waals surface area contributed by atoms with Crippen LogP contribution in [0.2, 0.25) is 0 Å². The summed E-state index contributed by atoms with van der Waals surface area (Å²) in [5.74, 6) is 0.102. The molecule has 0 aliphatic carbocycles. The quantitative estimate of drug-likeness (QED) is 0.798. The largest absolute Gasteiger partial charge is 0.346 e. The van der Waals surface area contributed by atoms with Crippen LogP contribution in [0.15, 0.2) is 35.3 Å². The lowest BCUT2D eigenvalue weighted by Crippen LogP contribution is -2.69. The molecule has 3 atom stereocenters. The first kappa shape index (κ1) is 12.4. The van der Waals surface area contributed by atoms with Crippen molar-refractivity contribution in [1.29, 1.82) is 0 Å². The van der Waals surface area contributed by atoms with E-state index in [0.29, 0.717) is 11.8 Å². The maximum Gasteiger partial charge on any atom is 0.283 e. The van der Waals surface area contributed by atoms with Crippen molar-refractivity contribution >= 4 is 28.4 Å². The van der Waals surface area contributed by atoms with Gasteiger partial charge in [0.05, 0.1) is 12.6 Å². The number of amides is 1. The van der Waals surface area contributed by atoms with Crippen LogP contribution in [0.4, 0.5) is 5.69 Å². The molecule has 1 spiro atoms. The van der Waals surface area contributed by atoms with Gasteiger partial charge in [0.2, 0.25) is 5.72 Å². The van der Waals surface area contributed by atoms with Crippen LogP contribution in [0.1, 0.15) is 19.3 Å². The number of para-hydroxylation sites is 1. The van der Waals surface area contributed by atoms with Crippen LogP contribution in [-0.2, 0) is 9.53 Å². The van der Waals surface area contributed by atoms with E-state index in [1.165, 1.54) is 0 Å². The minimum absolute atomic E-state index is 0.0611. The molecule has 0 N–H and O–H groups in total. The van der Waals surface area contributed by atoms with E-state index in [0.717, 1.165) is 24.9 Å². The molecule has 4 aliphatic rings. The first-order valence-corrected chi connectivity index (χ1v) is 7.38. The standard InChI is InChI=1S/C15H15ClN2O2/c16-13-12-9-10-5-4-8-20-15(10,17-13)14(19)18(12)11-6-2-1-3-7-11/h1-3,6-7,10,12H,4-5,8-9H2/t10-,12-,15+/m1/s1. The Kier molecular flexibility index (Phi) is 2.66. The Morgan fingerprint density at radius 1 is 1.35 bits per heavy atom. The number of hydrogen-bond donors (Lipinski definition) is 0. The van der Waals surface area contributed by atoms with Crippen LogP contribution in [0.3, 0.4) is 0 Å². The number of carbonyl (C=O) groups excluding carboxylic acids is 1. The zero-order chi connectivity index (χ0) is 13.7. The van der Waals surface area contributed by atoms with Gasteiger partial charge in [0.15, 0.2) is 0 Å². The molecule has 2 saturated heterocycles. The summed E-state index contributed by atoms with van der Waals surface area (Å²) < 4.78 is 5.83. The summed E-state index contributed by atoms with van der Waals surface area (Å²) >= 11 is 6.31. The van der Waals surface area contributed by atoms with Gasteiger partial charge in [0, 0.05) is 11.6 Å². The molecular weight excluding hydrogens is 276 g/mol. The summed E-state index contributed by atoms with van der Waals surface area (Å²) in [6.45, 7) is 0.573. The Morgan fingerprint density at radius 2 is 2.15 bits per heavy atom. The van der Waals surface area contributed by atoms with Crippen molar-refractivity contribution in [3.63, 3.8) is 0 Å². The van der Waals surface area contributed by atoms with Gasteiger partial charge in [-0.15, -0.1) is 0 Å². The SMILES string of the molecule is O=C1N(c2ccccc2)[C@@H]2C[C@H]3CCCO[C@]13N=C2Cl. The van der Waals surface area contributed by atoms with Crippen LogP contribution in [-0.4, -0.2) is 29.5 Å². The highest BCUT2D eigenvalue weighted by molar-refractivity contribution is 6.67. The molecule has 4 heterocycles. The van der Waals surface area contributed by atoms with Crippen molar-refractivity contribution in [2.75, 3.05) is 11.5 Å². The molecule has 4 nitrogen and oxygen atoms in total. The molecule has 104 valence electrons. The summed E-state index contributed by atoms with van der Waals surface area (Å²) in [7, 11) is 0.